The Morgan fingerprint density at radius 1 is 1.07 bits per heavy atom. The van der Waals surface area contributed by atoms with Crippen LogP contribution in [0.15, 0.2) is 30.3 Å². The standard InChI is InChI=1S/C10H7NO4/c12-8-7(6-4-2-1-3-5-6)9(13)15-10(14)11-8/h1-5,7H,(H,11,12,14). The molecule has 0 aromatic heterocycles. The fourth-order valence-electron chi connectivity index (χ4n) is 1.39. The van der Waals surface area contributed by atoms with Crippen LogP contribution in [0.25, 0.3) is 0 Å². The molecule has 1 aromatic rings. The number of nitrogens with one attached hydrogen (secondary N) is 1. The van der Waals surface area contributed by atoms with Crippen molar-refractivity contribution in [3.8, 4) is 0 Å². The minimum atomic E-state index is -1.05. The van der Waals surface area contributed by atoms with E-state index in [1.54, 1.807) is 30.3 Å². The van der Waals surface area contributed by atoms with Crippen LogP contribution in [0.1, 0.15) is 11.5 Å². The Balaban J connectivity index is 2.33. The fraction of sp³-hybridized carbons (Fsp3) is 0.100. The summed E-state index contributed by atoms with van der Waals surface area (Å²) in [5, 5.41) is 1.94. The van der Waals surface area contributed by atoms with E-state index in [1.165, 1.54) is 0 Å². The highest BCUT2D eigenvalue weighted by Crippen LogP contribution is 2.20. The van der Waals surface area contributed by atoms with Gasteiger partial charge in [-0.1, -0.05) is 30.3 Å². The zero-order chi connectivity index (χ0) is 10.8. The molecule has 1 atom stereocenters. The fourth-order valence-corrected chi connectivity index (χ4v) is 1.39. The number of hydrogen-bond acceptors (Lipinski definition) is 4. The van der Waals surface area contributed by atoms with Gasteiger partial charge in [0.25, 0.3) is 0 Å². The van der Waals surface area contributed by atoms with Crippen molar-refractivity contribution in [3.05, 3.63) is 35.9 Å². The molecule has 1 heterocycles. The van der Waals surface area contributed by atoms with Gasteiger partial charge in [0.1, 0.15) is 0 Å². The Morgan fingerprint density at radius 2 is 1.73 bits per heavy atom. The molecule has 1 unspecified atom stereocenters. The molecule has 15 heavy (non-hydrogen) atoms. The van der Waals surface area contributed by atoms with Crippen molar-refractivity contribution in [3.63, 3.8) is 0 Å². The third-order valence-electron chi connectivity index (χ3n) is 2.05. The minimum Gasteiger partial charge on any atom is -0.375 e. The zero-order valence-electron chi connectivity index (χ0n) is 7.60. The SMILES string of the molecule is O=C1NC(=O)C(c2ccccc2)C(=O)O1. The van der Waals surface area contributed by atoms with Gasteiger partial charge in [-0.3, -0.25) is 14.9 Å². The van der Waals surface area contributed by atoms with Gasteiger partial charge in [-0.2, -0.15) is 0 Å². The van der Waals surface area contributed by atoms with E-state index < -0.39 is 23.9 Å². The Morgan fingerprint density at radius 3 is 2.33 bits per heavy atom. The molecule has 76 valence electrons. The second-order valence-corrected chi connectivity index (χ2v) is 3.04. The normalized spacial score (nSPS) is 20.8. The van der Waals surface area contributed by atoms with Gasteiger partial charge in [-0.25, -0.2) is 4.79 Å². The highest BCUT2D eigenvalue weighted by Gasteiger charge is 2.37. The van der Waals surface area contributed by atoms with Crippen LogP contribution in [-0.4, -0.2) is 18.0 Å². The lowest BCUT2D eigenvalue weighted by atomic mass is 9.98. The lowest BCUT2D eigenvalue weighted by Crippen LogP contribution is -2.45. The molecule has 1 N–H and O–H groups in total. The van der Waals surface area contributed by atoms with Gasteiger partial charge in [0.15, 0.2) is 5.92 Å². The quantitative estimate of drug-likeness (QED) is 0.537. The van der Waals surface area contributed by atoms with E-state index >= 15 is 0 Å². The molecule has 1 aliphatic heterocycles. The van der Waals surface area contributed by atoms with Gasteiger partial charge in [-0.05, 0) is 5.56 Å². The number of alkyl carbamates (subject to hydrolysis) is 1. The summed E-state index contributed by atoms with van der Waals surface area (Å²) in [6, 6.07) is 8.42. The summed E-state index contributed by atoms with van der Waals surface area (Å²) < 4.78 is 4.31. The number of imide groups is 1. The molecule has 1 saturated heterocycles. The molecular formula is C10H7NO4. The van der Waals surface area contributed by atoms with Gasteiger partial charge in [0, 0.05) is 0 Å². The maximum atomic E-state index is 11.4. The minimum absolute atomic E-state index is 0.507. The molecule has 0 bridgehead atoms. The average molecular weight is 205 g/mol. The van der Waals surface area contributed by atoms with Crippen LogP contribution in [0, 0.1) is 0 Å². The number of esters is 1. The number of carbonyl (C=O) groups is 3. The van der Waals surface area contributed by atoms with Crippen molar-refractivity contribution < 1.29 is 19.1 Å². The lowest BCUT2D eigenvalue weighted by molar-refractivity contribution is -0.146. The van der Waals surface area contributed by atoms with Crippen LogP contribution < -0.4 is 5.32 Å². The Labute approximate surface area is 85.0 Å². The molecule has 0 radical (unpaired) electrons. The monoisotopic (exact) mass is 205 g/mol. The summed E-state index contributed by atoms with van der Waals surface area (Å²) in [4.78, 5) is 33.4. The summed E-state index contributed by atoms with van der Waals surface area (Å²) in [6.07, 6.45) is -1.02. The van der Waals surface area contributed by atoms with Crippen molar-refractivity contribution in [1.29, 1.82) is 0 Å². The zero-order valence-corrected chi connectivity index (χ0v) is 7.60. The average Bonchev–Trinajstić information content (AvgIpc) is 2.17. The van der Waals surface area contributed by atoms with E-state index in [0.29, 0.717) is 5.56 Å². The number of hydrogen-bond donors (Lipinski definition) is 1. The summed E-state index contributed by atoms with van der Waals surface area (Å²) >= 11 is 0. The molecule has 0 aliphatic carbocycles. The number of rotatable bonds is 1. The number of cyclic esters (lactones) is 2. The predicted molar refractivity (Wildman–Crippen MR) is 48.8 cm³/mol. The van der Waals surface area contributed by atoms with E-state index in [1.807, 2.05) is 5.32 Å². The molecule has 5 heteroatoms. The summed E-state index contributed by atoms with van der Waals surface area (Å²) in [6.45, 7) is 0. The van der Waals surface area contributed by atoms with E-state index in [9.17, 15) is 14.4 Å². The molecule has 0 saturated carbocycles. The van der Waals surface area contributed by atoms with E-state index in [4.69, 9.17) is 0 Å². The van der Waals surface area contributed by atoms with Crippen molar-refractivity contribution in [2.45, 2.75) is 5.92 Å². The summed E-state index contributed by atoms with van der Waals surface area (Å²) in [5.74, 6) is -2.54. The van der Waals surface area contributed by atoms with Gasteiger partial charge >= 0.3 is 12.1 Å². The smallest absolute Gasteiger partial charge is 0.375 e. The van der Waals surface area contributed by atoms with E-state index in [2.05, 4.69) is 4.74 Å². The lowest BCUT2D eigenvalue weighted by Gasteiger charge is -2.19. The molecule has 5 nitrogen and oxygen atoms in total. The number of ether oxygens (including phenoxy) is 1. The molecule has 2 amide bonds. The maximum absolute atomic E-state index is 11.4. The summed E-state index contributed by atoms with van der Waals surface area (Å²) in [7, 11) is 0. The highest BCUT2D eigenvalue weighted by molar-refractivity contribution is 6.14. The predicted octanol–water partition coefficient (Wildman–Crippen LogP) is 0.563. The van der Waals surface area contributed by atoms with Crippen LogP contribution in [0.5, 0.6) is 0 Å². The number of carbonyl (C=O) groups excluding carboxylic acids is 3. The molecule has 1 aliphatic rings. The first kappa shape index (κ1) is 9.39. The molecule has 1 fully saturated rings. The molecule has 1 aromatic carbocycles. The van der Waals surface area contributed by atoms with Crippen molar-refractivity contribution >= 4 is 18.0 Å². The van der Waals surface area contributed by atoms with Gasteiger partial charge in [0.05, 0.1) is 0 Å². The van der Waals surface area contributed by atoms with Crippen molar-refractivity contribution in [1.82, 2.24) is 5.32 Å². The second-order valence-electron chi connectivity index (χ2n) is 3.04. The van der Waals surface area contributed by atoms with Gasteiger partial charge < -0.3 is 4.74 Å². The van der Waals surface area contributed by atoms with E-state index in [-0.39, 0.29) is 0 Å². The van der Waals surface area contributed by atoms with Gasteiger partial charge in [0.2, 0.25) is 5.91 Å². The molecule has 0 spiro atoms. The van der Waals surface area contributed by atoms with Crippen LogP contribution in [0.2, 0.25) is 0 Å². The largest absolute Gasteiger partial charge is 0.421 e. The third-order valence-corrected chi connectivity index (χ3v) is 2.05. The van der Waals surface area contributed by atoms with Crippen LogP contribution in [-0.2, 0) is 14.3 Å². The van der Waals surface area contributed by atoms with Crippen LogP contribution in [0.3, 0.4) is 0 Å². The number of benzene rings is 1. The first-order valence-electron chi connectivity index (χ1n) is 4.30. The molecule has 2 rings (SSSR count). The van der Waals surface area contributed by atoms with Crippen molar-refractivity contribution in [2.75, 3.05) is 0 Å². The molecular weight excluding hydrogens is 198 g/mol. The summed E-state index contributed by atoms with van der Waals surface area (Å²) in [5.41, 5.74) is 0.507. The topological polar surface area (TPSA) is 72.5 Å². The van der Waals surface area contributed by atoms with E-state index in [0.717, 1.165) is 0 Å². The Kier molecular flexibility index (Phi) is 2.21. The van der Waals surface area contributed by atoms with Gasteiger partial charge in [-0.15, -0.1) is 0 Å². The number of amides is 2. The van der Waals surface area contributed by atoms with Crippen LogP contribution >= 0.6 is 0 Å². The Hall–Kier alpha value is -2.17. The highest BCUT2D eigenvalue weighted by atomic mass is 16.6. The second kappa shape index (κ2) is 3.53. The van der Waals surface area contributed by atoms with Crippen molar-refractivity contribution in [2.24, 2.45) is 0 Å². The maximum Gasteiger partial charge on any atom is 0.421 e. The first-order chi connectivity index (χ1) is 7.18. The Bertz CT molecular complexity index is 406. The first-order valence-corrected chi connectivity index (χ1v) is 4.30. The third kappa shape index (κ3) is 1.71. The van der Waals surface area contributed by atoms with Crippen LogP contribution in [0.4, 0.5) is 4.79 Å².